The standard InChI is InChI=1S/C16H25ClN4O3S/c1-12-14(17)15(19(2)18-12)25(22,23)21-10-16(11-21)4-3-13(9-16)20-5-7-24-8-6-20/h13H,3-11H2,1-2H3. The summed E-state index contributed by atoms with van der Waals surface area (Å²) in [6.45, 7) is 6.51. The van der Waals surface area contributed by atoms with E-state index in [9.17, 15) is 8.42 Å². The highest BCUT2D eigenvalue weighted by Crippen LogP contribution is 2.49. The average molecular weight is 389 g/mol. The van der Waals surface area contributed by atoms with Gasteiger partial charge in [-0.05, 0) is 31.6 Å². The number of rotatable bonds is 3. The molecule has 3 heterocycles. The van der Waals surface area contributed by atoms with Gasteiger partial charge < -0.3 is 4.74 Å². The first-order chi connectivity index (χ1) is 11.8. The first-order valence-corrected chi connectivity index (χ1v) is 10.7. The number of hydrogen-bond acceptors (Lipinski definition) is 5. The molecule has 2 aliphatic heterocycles. The molecule has 0 radical (unpaired) electrons. The van der Waals surface area contributed by atoms with Gasteiger partial charge in [-0.3, -0.25) is 9.58 Å². The van der Waals surface area contributed by atoms with E-state index in [1.165, 1.54) is 4.68 Å². The number of hydrogen-bond donors (Lipinski definition) is 0. The lowest BCUT2D eigenvalue weighted by Crippen LogP contribution is -2.58. The zero-order valence-electron chi connectivity index (χ0n) is 14.7. The number of aromatic nitrogens is 2. The van der Waals surface area contributed by atoms with Crippen molar-refractivity contribution in [1.29, 1.82) is 0 Å². The molecule has 9 heteroatoms. The molecule has 1 spiro atoms. The zero-order chi connectivity index (χ0) is 17.8. The van der Waals surface area contributed by atoms with Crippen molar-refractivity contribution in [2.24, 2.45) is 12.5 Å². The van der Waals surface area contributed by atoms with E-state index >= 15 is 0 Å². The van der Waals surface area contributed by atoms with E-state index in [4.69, 9.17) is 16.3 Å². The summed E-state index contributed by atoms with van der Waals surface area (Å²) in [5, 5.41) is 4.49. The fourth-order valence-electron chi connectivity index (χ4n) is 4.60. The number of sulfonamides is 1. The molecule has 3 fully saturated rings. The number of nitrogens with zero attached hydrogens (tertiary/aromatic N) is 4. The fourth-order valence-corrected chi connectivity index (χ4v) is 6.94. The molecule has 2 saturated heterocycles. The zero-order valence-corrected chi connectivity index (χ0v) is 16.3. The number of morpholine rings is 1. The van der Waals surface area contributed by atoms with Crippen LogP contribution in [0, 0.1) is 12.3 Å². The smallest absolute Gasteiger partial charge is 0.261 e. The highest BCUT2D eigenvalue weighted by molar-refractivity contribution is 7.89. The summed E-state index contributed by atoms with van der Waals surface area (Å²) in [6, 6.07) is 0.566. The molecule has 0 bridgehead atoms. The molecule has 1 atom stereocenters. The molecule has 1 aliphatic carbocycles. The van der Waals surface area contributed by atoms with E-state index in [1.807, 2.05) is 0 Å². The summed E-state index contributed by atoms with van der Waals surface area (Å²) in [4.78, 5) is 2.51. The van der Waals surface area contributed by atoms with Gasteiger partial charge in [-0.15, -0.1) is 0 Å². The van der Waals surface area contributed by atoms with E-state index < -0.39 is 10.0 Å². The van der Waals surface area contributed by atoms with Crippen LogP contribution in [0.15, 0.2) is 5.03 Å². The highest BCUT2D eigenvalue weighted by atomic mass is 35.5. The molecule has 25 heavy (non-hydrogen) atoms. The topological polar surface area (TPSA) is 67.7 Å². The molecule has 1 saturated carbocycles. The highest BCUT2D eigenvalue weighted by Gasteiger charge is 2.53. The van der Waals surface area contributed by atoms with Crippen LogP contribution in [-0.2, 0) is 21.8 Å². The van der Waals surface area contributed by atoms with Crippen molar-refractivity contribution in [2.45, 2.75) is 37.3 Å². The lowest BCUT2D eigenvalue weighted by molar-refractivity contribution is 0.00811. The molecule has 1 aromatic heterocycles. The van der Waals surface area contributed by atoms with Crippen molar-refractivity contribution in [2.75, 3.05) is 39.4 Å². The van der Waals surface area contributed by atoms with Crippen LogP contribution in [0.4, 0.5) is 0 Å². The Morgan fingerprint density at radius 3 is 2.56 bits per heavy atom. The molecule has 1 unspecified atom stereocenters. The quantitative estimate of drug-likeness (QED) is 0.779. The monoisotopic (exact) mass is 388 g/mol. The van der Waals surface area contributed by atoms with Crippen LogP contribution in [0.2, 0.25) is 5.02 Å². The predicted molar refractivity (Wildman–Crippen MR) is 94.2 cm³/mol. The Bertz CT molecular complexity index is 767. The van der Waals surface area contributed by atoms with Gasteiger partial charge in [0.25, 0.3) is 10.0 Å². The third kappa shape index (κ3) is 2.92. The Labute approximate surface area is 153 Å². The summed E-state index contributed by atoms with van der Waals surface area (Å²) >= 11 is 6.19. The van der Waals surface area contributed by atoms with E-state index in [0.29, 0.717) is 24.8 Å². The number of aryl methyl sites for hydroxylation is 2. The van der Waals surface area contributed by atoms with E-state index in [-0.39, 0.29) is 15.5 Å². The van der Waals surface area contributed by atoms with Crippen molar-refractivity contribution in [3.63, 3.8) is 0 Å². The fraction of sp³-hybridized carbons (Fsp3) is 0.812. The summed E-state index contributed by atoms with van der Waals surface area (Å²) in [5.74, 6) is 0. The number of halogens is 1. The van der Waals surface area contributed by atoms with Crippen molar-refractivity contribution < 1.29 is 13.2 Å². The molecule has 0 amide bonds. The first kappa shape index (κ1) is 17.7. The third-order valence-corrected chi connectivity index (χ3v) is 8.41. The summed E-state index contributed by atoms with van der Waals surface area (Å²) < 4.78 is 34.3. The van der Waals surface area contributed by atoms with Crippen molar-refractivity contribution in [3.05, 3.63) is 10.7 Å². The first-order valence-electron chi connectivity index (χ1n) is 8.83. The normalized spacial score (nSPS) is 27.7. The summed E-state index contributed by atoms with van der Waals surface area (Å²) in [7, 11) is -1.95. The van der Waals surface area contributed by atoms with Crippen molar-refractivity contribution in [1.82, 2.24) is 19.0 Å². The van der Waals surface area contributed by atoms with Crippen molar-refractivity contribution in [3.8, 4) is 0 Å². The molecular weight excluding hydrogens is 364 g/mol. The summed E-state index contributed by atoms with van der Waals surface area (Å²) in [5.41, 5.74) is 0.683. The Kier molecular flexibility index (Phi) is 4.39. The van der Waals surface area contributed by atoms with Gasteiger partial charge in [-0.2, -0.15) is 9.40 Å². The van der Waals surface area contributed by atoms with Crippen LogP contribution in [0.3, 0.4) is 0 Å². The molecule has 4 rings (SSSR count). The van der Waals surface area contributed by atoms with Crippen LogP contribution in [0.5, 0.6) is 0 Å². The van der Waals surface area contributed by atoms with Crippen LogP contribution in [-0.4, -0.2) is 72.8 Å². The minimum absolute atomic E-state index is 0.115. The second-order valence-corrected chi connectivity index (χ2v) is 9.88. The van der Waals surface area contributed by atoms with E-state index in [0.717, 1.165) is 45.6 Å². The lowest BCUT2D eigenvalue weighted by atomic mass is 9.80. The van der Waals surface area contributed by atoms with Gasteiger partial charge in [0, 0.05) is 39.3 Å². The second-order valence-electron chi connectivity index (χ2n) is 7.65. The van der Waals surface area contributed by atoms with Gasteiger partial charge in [-0.1, -0.05) is 11.6 Å². The second kappa shape index (κ2) is 6.20. The molecule has 1 aromatic rings. The Balaban J connectivity index is 1.45. The van der Waals surface area contributed by atoms with Crippen LogP contribution < -0.4 is 0 Å². The van der Waals surface area contributed by atoms with Crippen LogP contribution >= 0.6 is 11.6 Å². The summed E-state index contributed by atoms with van der Waals surface area (Å²) in [6.07, 6.45) is 3.33. The van der Waals surface area contributed by atoms with Gasteiger partial charge >= 0.3 is 0 Å². The predicted octanol–water partition coefficient (Wildman–Crippen LogP) is 1.26. The van der Waals surface area contributed by atoms with E-state index in [2.05, 4.69) is 10.00 Å². The maximum atomic E-state index is 12.9. The molecular formula is C16H25ClN4O3S. The molecule has 7 nitrogen and oxygen atoms in total. The minimum Gasteiger partial charge on any atom is -0.379 e. The lowest BCUT2D eigenvalue weighted by Gasteiger charge is -2.47. The number of ether oxygens (including phenoxy) is 1. The molecule has 3 aliphatic rings. The van der Waals surface area contributed by atoms with Gasteiger partial charge in [0.05, 0.1) is 18.9 Å². The van der Waals surface area contributed by atoms with Crippen LogP contribution in [0.1, 0.15) is 25.0 Å². The Morgan fingerprint density at radius 2 is 1.96 bits per heavy atom. The average Bonchev–Trinajstić information content (AvgIpc) is 3.09. The van der Waals surface area contributed by atoms with Gasteiger partial charge in [0.15, 0.2) is 5.03 Å². The molecule has 0 aromatic carbocycles. The largest absolute Gasteiger partial charge is 0.379 e. The van der Waals surface area contributed by atoms with Gasteiger partial charge in [0.1, 0.15) is 5.02 Å². The SMILES string of the molecule is Cc1nn(C)c(S(=O)(=O)N2CC3(CCC(N4CCOCC4)C3)C2)c1Cl. The Morgan fingerprint density at radius 1 is 1.28 bits per heavy atom. The van der Waals surface area contributed by atoms with Crippen LogP contribution in [0.25, 0.3) is 0 Å². The van der Waals surface area contributed by atoms with Crippen molar-refractivity contribution >= 4 is 21.6 Å². The maximum Gasteiger partial charge on any atom is 0.261 e. The Hall–Kier alpha value is -0.670. The molecule has 140 valence electrons. The minimum atomic E-state index is -3.58. The third-order valence-electron chi connectivity index (χ3n) is 5.95. The molecule has 0 N–H and O–H groups in total. The van der Waals surface area contributed by atoms with E-state index in [1.54, 1.807) is 18.3 Å². The maximum absolute atomic E-state index is 12.9. The van der Waals surface area contributed by atoms with Gasteiger partial charge in [0.2, 0.25) is 0 Å². The van der Waals surface area contributed by atoms with Gasteiger partial charge in [-0.25, -0.2) is 8.42 Å².